The number of aryl methyl sites for hydroxylation is 1. The fraction of sp³-hybridized carbons (Fsp3) is 0.158. The third-order valence-corrected chi connectivity index (χ3v) is 6.31. The van der Waals surface area contributed by atoms with Crippen molar-refractivity contribution < 1.29 is 27.2 Å². The topological polar surface area (TPSA) is 115 Å². The molecule has 0 aliphatic carbocycles. The Bertz CT molecular complexity index is 1200. The maximum Gasteiger partial charge on any atom is 0.338 e. The third kappa shape index (κ3) is 4.34. The number of amides is 1. The Morgan fingerprint density at radius 3 is 2.55 bits per heavy atom. The fourth-order valence-electron chi connectivity index (χ4n) is 2.68. The lowest BCUT2D eigenvalue weighted by atomic mass is 10.1. The average Bonchev–Trinajstić information content (AvgIpc) is 3.03. The van der Waals surface area contributed by atoms with Crippen molar-refractivity contribution in [1.29, 1.82) is 0 Å². The van der Waals surface area contributed by atoms with E-state index in [2.05, 4.69) is 21.4 Å². The number of furan rings is 1. The smallest absolute Gasteiger partial charge is 0.338 e. The molecule has 0 aliphatic heterocycles. The van der Waals surface area contributed by atoms with Gasteiger partial charge in [0, 0.05) is 15.4 Å². The van der Waals surface area contributed by atoms with E-state index in [4.69, 9.17) is 9.15 Å². The minimum absolute atomic E-state index is 0.00521. The number of para-hydroxylation sites is 1. The van der Waals surface area contributed by atoms with Gasteiger partial charge in [0.05, 0.1) is 17.1 Å². The zero-order valence-corrected chi connectivity index (χ0v) is 17.9. The summed E-state index contributed by atoms with van der Waals surface area (Å²) < 4.78 is 35.6. The summed E-state index contributed by atoms with van der Waals surface area (Å²) in [5, 5.41) is 0.762. The van der Waals surface area contributed by atoms with Crippen LogP contribution in [0.1, 0.15) is 33.4 Å². The quantitative estimate of drug-likeness (QED) is 0.413. The second-order valence-electron chi connectivity index (χ2n) is 5.98. The van der Waals surface area contributed by atoms with Gasteiger partial charge in [-0.1, -0.05) is 18.2 Å². The lowest BCUT2D eigenvalue weighted by Gasteiger charge is -2.10. The second kappa shape index (κ2) is 8.36. The molecular weight excluding hydrogens is 464 g/mol. The molecule has 0 fully saturated rings. The zero-order chi connectivity index (χ0) is 21.2. The van der Waals surface area contributed by atoms with Gasteiger partial charge in [0.1, 0.15) is 5.58 Å². The van der Waals surface area contributed by atoms with Crippen LogP contribution in [0.2, 0.25) is 0 Å². The number of halogens is 1. The van der Waals surface area contributed by atoms with Gasteiger partial charge in [-0.05, 0) is 54.0 Å². The number of hydrogen-bond donors (Lipinski definition) is 2. The molecule has 1 aromatic heterocycles. The molecule has 3 aromatic rings. The molecule has 0 atom stereocenters. The summed E-state index contributed by atoms with van der Waals surface area (Å²) in [4.78, 5) is 26.0. The van der Waals surface area contributed by atoms with Crippen LogP contribution >= 0.6 is 15.9 Å². The molecule has 0 saturated heterocycles. The van der Waals surface area contributed by atoms with Gasteiger partial charge in [-0.3, -0.25) is 10.2 Å². The van der Waals surface area contributed by atoms with E-state index in [1.54, 1.807) is 32.0 Å². The first-order chi connectivity index (χ1) is 13.7. The molecule has 0 spiro atoms. The highest BCUT2D eigenvalue weighted by molar-refractivity contribution is 9.10. The SMILES string of the molecule is CCOC(=O)c1ccc(S(=O)(=O)NNC(=O)c2oc3ccccc3c2C)c(Br)c1. The van der Waals surface area contributed by atoms with Gasteiger partial charge < -0.3 is 9.15 Å². The van der Waals surface area contributed by atoms with Crippen LogP contribution in [-0.4, -0.2) is 26.9 Å². The van der Waals surface area contributed by atoms with Crippen LogP contribution < -0.4 is 10.3 Å². The number of esters is 1. The van der Waals surface area contributed by atoms with Crippen molar-refractivity contribution in [3.8, 4) is 0 Å². The molecule has 3 rings (SSSR count). The summed E-state index contributed by atoms with van der Waals surface area (Å²) in [6.07, 6.45) is 0. The summed E-state index contributed by atoms with van der Waals surface area (Å²) in [6.45, 7) is 3.58. The van der Waals surface area contributed by atoms with E-state index in [9.17, 15) is 18.0 Å². The molecule has 0 aliphatic rings. The normalized spacial score (nSPS) is 11.4. The van der Waals surface area contributed by atoms with E-state index < -0.39 is 21.9 Å². The van der Waals surface area contributed by atoms with E-state index in [0.29, 0.717) is 11.1 Å². The van der Waals surface area contributed by atoms with Gasteiger partial charge in [-0.2, -0.15) is 0 Å². The third-order valence-electron chi connectivity index (χ3n) is 4.08. The van der Waals surface area contributed by atoms with Crippen LogP contribution in [0.15, 0.2) is 56.2 Å². The van der Waals surface area contributed by atoms with Crippen molar-refractivity contribution in [2.24, 2.45) is 0 Å². The summed E-state index contributed by atoms with van der Waals surface area (Å²) in [5.41, 5.74) is 3.45. The minimum atomic E-state index is -4.11. The number of rotatable bonds is 6. The van der Waals surface area contributed by atoms with Gasteiger partial charge in [0.25, 0.3) is 10.0 Å². The van der Waals surface area contributed by atoms with E-state index in [1.807, 2.05) is 10.9 Å². The van der Waals surface area contributed by atoms with E-state index in [1.165, 1.54) is 18.2 Å². The van der Waals surface area contributed by atoms with Crippen molar-refractivity contribution in [2.75, 3.05) is 6.61 Å². The van der Waals surface area contributed by atoms with Crippen molar-refractivity contribution in [1.82, 2.24) is 10.3 Å². The highest BCUT2D eigenvalue weighted by atomic mass is 79.9. The fourth-order valence-corrected chi connectivity index (χ4v) is 4.59. The first kappa shape index (κ1) is 21.0. The molecule has 29 heavy (non-hydrogen) atoms. The van der Waals surface area contributed by atoms with Crippen LogP contribution in [0.5, 0.6) is 0 Å². The van der Waals surface area contributed by atoms with Crippen LogP contribution in [-0.2, 0) is 14.8 Å². The van der Waals surface area contributed by atoms with Crippen molar-refractivity contribution in [2.45, 2.75) is 18.7 Å². The van der Waals surface area contributed by atoms with Crippen LogP contribution in [0.3, 0.4) is 0 Å². The molecule has 0 unspecified atom stereocenters. The first-order valence-electron chi connectivity index (χ1n) is 8.51. The number of carbonyl (C=O) groups excluding carboxylic acids is 2. The number of carbonyl (C=O) groups is 2. The molecule has 8 nitrogen and oxygen atoms in total. The second-order valence-corrected chi connectivity index (χ2v) is 8.48. The Kier molecular flexibility index (Phi) is 6.06. The predicted octanol–water partition coefficient (Wildman–Crippen LogP) is 3.30. The Hall–Kier alpha value is -2.69. The monoisotopic (exact) mass is 480 g/mol. The molecule has 1 heterocycles. The Balaban J connectivity index is 1.78. The van der Waals surface area contributed by atoms with Gasteiger partial charge >= 0.3 is 11.9 Å². The Morgan fingerprint density at radius 1 is 1.17 bits per heavy atom. The highest BCUT2D eigenvalue weighted by Crippen LogP contribution is 2.25. The molecule has 0 radical (unpaired) electrons. The summed E-state index contributed by atoms with van der Waals surface area (Å²) in [5.74, 6) is -1.30. The number of benzene rings is 2. The van der Waals surface area contributed by atoms with E-state index in [0.717, 1.165) is 5.39 Å². The standard InChI is InChI=1S/C19H17BrN2O6S/c1-3-27-19(24)12-8-9-16(14(20)10-12)29(25,26)22-21-18(23)17-11(2)13-6-4-5-7-15(13)28-17/h4-10,22H,3H2,1-2H3,(H,21,23). The van der Waals surface area contributed by atoms with Gasteiger partial charge in [0.15, 0.2) is 5.76 Å². The summed E-state index contributed by atoms with van der Waals surface area (Å²) in [6, 6.07) is 11.0. The molecule has 0 bridgehead atoms. The molecular formula is C19H17BrN2O6S. The molecule has 1 amide bonds. The maximum atomic E-state index is 12.6. The number of sulfonamides is 1. The molecule has 0 saturated carbocycles. The number of hydrogen-bond acceptors (Lipinski definition) is 6. The highest BCUT2D eigenvalue weighted by Gasteiger charge is 2.23. The molecule has 152 valence electrons. The lowest BCUT2D eigenvalue weighted by Crippen LogP contribution is -2.41. The number of nitrogens with one attached hydrogen (secondary N) is 2. The predicted molar refractivity (Wildman–Crippen MR) is 109 cm³/mol. The van der Waals surface area contributed by atoms with E-state index >= 15 is 0 Å². The number of ether oxygens (including phenoxy) is 1. The van der Waals surface area contributed by atoms with Gasteiger partial charge in [0.2, 0.25) is 0 Å². The summed E-state index contributed by atoms with van der Waals surface area (Å²) >= 11 is 3.13. The number of fused-ring (bicyclic) bond motifs is 1. The zero-order valence-electron chi connectivity index (χ0n) is 15.5. The van der Waals surface area contributed by atoms with Gasteiger partial charge in [-0.15, -0.1) is 4.83 Å². The number of hydrazine groups is 1. The average molecular weight is 481 g/mol. The van der Waals surface area contributed by atoms with Crippen LogP contribution in [0, 0.1) is 6.92 Å². The largest absolute Gasteiger partial charge is 0.462 e. The maximum absolute atomic E-state index is 12.6. The van der Waals surface area contributed by atoms with E-state index in [-0.39, 0.29) is 27.3 Å². The van der Waals surface area contributed by atoms with Crippen molar-refractivity contribution >= 4 is 48.8 Å². The van der Waals surface area contributed by atoms with Crippen LogP contribution in [0.4, 0.5) is 0 Å². The Labute approximate surface area is 175 Å². The lowest BCUT2D eigenvalue weighted by molar-refractivity contribution is 0.0526. The van der Waals surface area contributed by atoms with Crippen LogP contribution in [0.25, 0.3) is 11.0 Å². The Morgan fingerprint density at radius 2 is 1.90 bits per heavy atom. The van der Waals surface area contributed by atoms with Crippen molar-refractivity contribution in [3.63, 3.8) is 0 Å². The van der Waals surface area contributed by atoms with Crippen molar-refractivity contribution in [3.05, 3.63) is 63.8 Å². The molecule has 2 aromatic carbocycles. The summed E-state index contributed by atoms with van der Waals surface area (Å²) in [7, 11) is -4.11. The molecule has 10 heteroatoms. The minimum Gasteiger partial charge on any atom is -0.462 e. The first-order valence-corrected chi connectivity index (χ1v) is 10.8. The molecule has 2 N–H and O–H groups in total. The van der Waals surface area contributed by atoms with Gasteiger partial charge in [-0.25, -0.2) is 13.2 Å².